The molecule has 5 N–H and O–H groups in total. The highest BCUT2D eigenvalue weighted by atomic mass is 32.1. The molecule has 26 heteroatoms. The van der Waals surface area contributed by atoms with Gasteiger partial charge in [-0.2, -0.15) is 30.6 Å². The fourth-order valence-corrected chi connectivity index (χ4v) is 9.01. The zero-order valence-electron chi connectivity index (χ0n) is 86.6. The highest BCUT2D eigenvalue weighted by molar-refractivity contribution is 7.11. The van der Waals surface area contributed by atoms with Gasteiger partial charge in [-0.1, -0.05) is 332 Å². The molecular weight excluding hydrogens is 1550 g/mol. The molecule has 0 amide bonds. The minimum atomic E-state index is -0.0265. The van der Waals surface area contributed by atoms with Crippen LogP contribution in [0, 0.1) is 13.8 Å². The lowest BCUT2D eigenvalue weighted by Crippen LogP contribution is -2.21. The Kier molecular flexibility index (Phi) is 74.5. The summed E-state index contributed by atoms with van der Waals surface area (Å²) in [5.74, 6) is 3.19. The largest absolute Gasteiger partial charge is 0.425 e. The van der Waals surface area contributed by atoms with E-state index in [0.29, 0.717) is 11.8 Å². The number of H-pyrrole nitrogens is 5. The molecule has 0 aliphatic rings. The third-order valence-corrected chi connectivity index (χ3v) is 16.6. The normalized spacial score (nSPS) is 10.5. The minimum absolute atomic E-state index is 0.0265. The second kappa shape index (κ2) is 68.7. The number of nitrogens with zero attached hydrogens (tertiary/aromatic N) is 17. The summed E-state index contributed by atoms with van der Waals surface area (Å²) in [6.07, 6.45) is 23.2. The average molecular weight is 1730 g/mol. The van der Waals surface area contributed by atoms with Crippen molar-refractivity contribution in [2.75, 3.05) is 0 Å². The van der Waals surface area contributed by atoms with E-state index in [2.05, 4.69) is 324 Å². The predicted octanol–water partition coefficient (Wildman–Crippen LogP) is 28.7. The first kappa shape index (κ1) is 130. The number of aromatic amines is 5. The van der Waals surface area contributed by atoms with Crippen molar-refractivity contribution in [1.29, 1.82) is 0 Å². The van der Waals surface area contributed by atoms with Crippen molar-refractivity contribution < 1.29 is 4.42 Å². The van der Waals surface area contributed by atoms with Crippen LogP contribution < -0.4 is 0 Å². The van der Waals surface area contributed by atoms with Crippen LogP contribution in [0.1, 0.15) is 420 Å². The molecule has 0 spiro atoms. The van der Waals surface area contributed by atoms with E-state index in [1.54, 1.807) is 67.0 Å². The van der Waals surface area contributed by atoms with Crippen LogP contribution in [0.4, 0.5) is 0 Å². The van der Waals surface area contributed by atoms with Crippen LogP contribution in [0.3, 0.4) is 0 Å². The molecule has 692 valence electrons. The highest BCUT2D eigenvalue weighted by Crippen LogP contribution is 2.28. The van der Waals surface area contributed by atoms with E-state index in [-0.39, 0.29) is 59.7 Å². The number of nitrogens with one attached hydrogen (secondary N) is 5. The van der Waals surface area contributed by atoms with Crippen LogP contribution in [0.5, 0.6) is 0 Å². The Hall–Kier alpha value is -7.84. The topological polar surface area (TPSA) is 303 Å². The number of hydrogen-bond acceptors (Lipinski definition) is 20. The maximum atomic E-state index is 5.23. The summed E-state index contributed by atoms with van der Waals surface area (Å²) in [6, 6.07) is 8.01. The second-order valence-electron chi connectivity index (χ2n) is 35.4. The molecule has 0 fully saturated rings. The molecule has 23 nitrogen and oxygen atoms in total. The lowest BCUT2D eigenvalue weighted by atomic mass is 9.90. The van der Waals surface area contributed by atoms with E-state index < -0.39 is 0 Å². The van der Waals surface area contributed by atoms with Crippen molar-refractivity contribution in [3.63, 3.8) is 0 Å². The first-order valence-corrected chi connectivity index (χ1v) is 45.8. The van der Waals surface area contributed by atoms with Gasteiger partial charge in [0.15, 0.2) is 0 Å². The van der Waals surface area contributed by atoms with Crippen LogP contribution in [0.2, 0.25) is 0 Å². The summed E-state index contributed by atoms with van der Waals surface area (Å²) in [6.45, 7) is 110. The number of hydrogen-bond donors (Lipinski definition) is 5. The lowest BCUT2D eigenvalue weighted by Gasteiger charge is -2.18. The van der Waals surface area contributed by atoms with Crippen LogP contribution in [0.15, 0.2) is 115 Å². The Morgan fingerprint density at radius 3 is 0.975 bits per heavy atom. The summed E-state index contributed by atoms with van der Waals surface area (Å²) < 4.78 is 15.2. The molecular formula is C94H182N22OS3. The van der Waals surface area contributed by atoms with E-state index in [1.165, 1.54) is 51.6 Å². The van der Waals surface area contributed by atoms with Crippen LogP contribution >= 0.6 is 34.4 Å². The van der Waals surface area contributed by atoms with Gasteiger partial charge in [0, 0.05) is 128 Å². The van der Waals surface area contributed by atoms with Crippen molar-refractivity contribution in [2.45, 2.75) is 427 Å². The fourth-order valence-electron chi connectivity index (χ4n) is 6.87. The summed E-state index contributed by atoms with van der Waals surface area (Å²) >= 11 is 4.77. The molecule has 120 heavy (non-hydrogen) atoms. The molecule has 11 rings (SSSR count). The Morgan fingerprint density at radius 1 is 0.367 bits per heavy atom. The number of aromatic nitrogens is 22. The monoisotopic (exact) mass is 1730 g/mol. The molecule has 0 atom stereocenters. The maximum absolute atomic E-state index is 5.23. The summed E-state index contributed by atoms with van der Waals surface area (Å²) in [5.41, 5.74) is 7.74. The van der Waals surface area contributed by atoms with Gasteiger partial charge in [0.2, 0.25) is 11.8 Å². The van der Waals surface area contributed by atoms with Gasteiger partial charge < -0.3 is 4.42 Å². The fraction of sp³-hybridized carbons (Fsp3) is 0.681. The third kappa shape index (κ3) is 66.8. The van der Waals surface area contributed by atoms with Gasteiger partial charge in [-0.15, -0.1) is 31.7 Å². The van der Waals surface area contributed by atoms with Crippen LogP contribution in [0.25, 0.3) is 0 Å². The van der Waals surface area contributed by atoms with Gasteiger partial charge >= 0.3 is 0 Å². The Labute approximate surface area is 747 Å². The van der Waals surface area contributed by atoms with E-state index in [1.807, 2.05) is 206 Å². The summed E-state index contributed by atoms with van der Waals surface area (Å²) in [5, 5.41) is 57.4. The minimum Gasteiger partial charge on any atom is -0.425 e. The van der Waals surface area contributed by atoms with Crippen molar-refractivity contribution in [1.82, 2.24) is 110 Å². The van der Waals surface area contributed by atoms with E-state index in [4.69, 9.17) is 4.42 Å². The molecule has 0 bridgehead atoms. The predicted molar refractivity (Wildman–Crippen MR) is 525 cm³/mol. The molecule has 0 radical (unpaired) electrons. The molecule has 11 aromatic heterocycles. The Balaban J connectivity index is -0.000000158. The number of rotatable bonds is 0. The van der Waals surface area contributed by atoms with Crippen molar-refractivity contribution in [3.05, 3.63) is 177 Å². The van der Waals surface area contributed by atoms with Gasteiger partial charge in [-0.05, 0) is 102 Å². The second-order valence-corrected chi connectivity index (χ2v) is 38.0. The maximum Gasteiger partial charge on any atom is 0.221 e. The standard InChI is InChI=1S/C8H12N2.C7H12N2O.C7H12N2S.4C7H12N2.2C7H11NS.2C6H11N3.9C2H6/c1-8(2,3)7-6-9-4-5-10-7;2*1-5-8-9-6(10-5)7(2,3)4;1-7(2,3)6-4-8-9-5-6;1-7(2,3)9-6-4-5-8-9;2*1-7(2,3)6-4-5-8-9-6;1-7(2,3)6-4-8-9-5-6;1-7(2,3)6-4-5-8-9-6;2*1-6(2,3)5-7-4-8-9-5;9*1-2/h4-6H,1-3H3;2*1-4H3;4-5H,1-3H3,(H,8,9);4-6H,1-3H3;2*4-5H,1-3H3,(H,8,9);2*4-5H,1-3H3;2*4H,1-3H3,(H,7,8,9);9*1-2H3. The molecule has 0 aliphatic carbocycles. The average Bonchev–Trinajstić information content (AvgIpc) is 1.60. The molecule has 0 saturated carbocycles. The molecule has 0 saturated heterocycles. The molecule has 11 aromatic rings. The lowest BCUT2D eigenvalue weighted by molar-refractivity contribution is 0.355. The Bertz CT molecular complexity index is 3180. The molecule has 0 aromatic carbocycles. The summed E-state index contributed by atoms with van der Waals surface area (Å²) in [4.78, 5) is 17.6. The van der Waals surface area contributed by atoms with Gasteiger partial charge in [0.1, 0.15) is 34.3 Å². The molecule has 0 unspecified atom stereocenters. The van der Waals surface area contributed by atoms with E-state index >= 15 is 0 Å². The van der Waals surface area contributed by atoms with Crippen LogP contribution in [-0.2, 0) is 59.7 Å². The summed E-state index contributed by atoms with van der Waals surface area (Å²) in [7, 11) is 0. The zero-order chi connectivity index (χ0) is 96.4. The first-order valence-electron chi connectivity index (χ1n) is 43.3. The van der Waals surface area contributed by atoms with Gasteiger partial charge in [-0.3, -0.25) is 40.1 Å². The SMILES string of the molecule is CC.CC.CC.CC.CC.CC.CC.CC.CC.CC(C)(C)c1ccn[nH]1.CC(C)(C)c1ccn[nH]1.CC(C)(C)c1ccns1.CC(C)(C)c1cn[nH]c1.CC(C)(C)c1cnccn1.CC(C)(C)c1cnsc1.CC(C)(C)c1ncn[nH]1.CC(C)(C)c1ncn[nH]1.CC(C)(C)n1cccn1.Cc1nnc(C(C)(C)C)o1.Cc1nnc(C(C)(C)C)s1. The zero-order valence-corrected chi connectivity index (χ0v) is 89.1. The van der Waals surface area contributed by atoms with Crippen molar-refractivity contribution >= 4 is 34.4 Å². The van der Waals surface area contributed by atoms with Crippen molar-refractivity contribution in [3.8, 4) is 0 Å². The molecule has 11 heterocycles. The van der Waals surface area contributed by atoms with Crippen molar-refractivity contribution in [2.24, 2.45) is 0 Å². The van der Waals surface area contributed by atoms with Gasteiger partial charge in [0.05, 0.1) is 17.4 Å². The smallest absolute Gasteiger partial charge is 0.221 e. The molecule has 0 aliphatic heterocycles. The van der Waals surface area contributed by atoms with Gasteiger partial charge in [0.25, 0.3) is 0 Å². The first-order chi connectivity index (χ1) is 55.4. The highest BCUT2D eigenvalue weighted by Gasteiger charge is 2.23. The van der Waals surface area contributed by atoms with E-state index in [9.17, 15) is 0 Å². The number of aryl methyl sites for hydroxylation is 2. The Morgan fingerprint density at radius 2 is 0.817 bits per heavy atom. The quantitative estimate of drug-likeness (QED) is 0.0942. The van der Waals surface area contributed by atoms with E-state index in [0.717, 1.165) is 27.4 Å². The third-order valence-electron chi connectivity index (χ3n) is 13.6. The van der Waals surface area contributed by atoms with Gasteiger partial charge in [-0.25, -0.2) is 18.7 Å². The van der Waals surface area contributed by atoms with Crippen LogP contribution in [-0.4, -0.2) is 110 Å².